The fourth-order valence-corrected chi connectivity index (χ4v) is 3.74. The van der Waals surface area contributed by atoms with Gasteiger partial charge < -0.3 is 5.73 Å². The van der Waals surface area contributed by atoms with Crippen molar-refractivity contribution in [3.63, 3.8) is 0 Å². The van der Waals surface area contributed by atoms with Gasteiger partial charge in [-0.2, -0.15) is 0 Å². The van der Waals surface area contributed by atoms with Gasteiger partial charge in [-0.05, 0) is 50.9 Å². The van der Waals surface area contributed by atoms with Crippen molar-refractivity contribution < 1.29 is 0 Å². The van der Waals surface area contributed by atoms with Crippen LogP contribution in [0.2, 0.25) is 5.02 Å². The first-order chi connectivity index (χ1) is 10.1. The molecule has 3 nitrogen and oxygen atoms in total. The normalized spacial score (nSPS) is 28.2. The molecule has 2 fully saturated rings. The molecule has 2 aliphatic rings. The molecule has 1 aliphatic carbocycles. The minimum atomic E-state index is 0.113. The number of rotatable bonds is 5. The molecule has 1 aliphatic heterocycles. The van der Waals surface area contributed by atoms with Crippen LogP contribution in [0.25, 0.3) is 0 Å². The van der Waals surface area contributed by atoms with Gasteiger partial charge in [0.1, 0.15) is 0 Å². The van der Waals surface area contributed by atoms with Crippen LogP contribution in [0.15, 0.2) is 24.3 Å². The third-order valence-electron chi connectivity index (χ3n) is 5.49. The number of halogens is 1. The van der Waals surface area contributed by atoms with Crippen molar-refractivity contribution in [2.45, 2.75) is 43.8 Å². The Balaban J connectivity index is 1.75. The fourth-order valence-electron chi connectivity index (χ4n) is 3.61. The number of hydrogen-bond acceptors (Lipinski definition) is 3. The molecule has 1 saturated carbocycles. The second-order valence-corrected chi connectivity index (χ2v) is 7.15. The lowest BCUT2D eigenvalue weighted by Crippen LogP contribution is -2.54. The van der Waals surface area contributed by atoms with Crippen molar-refractivity contribution in [2.75, 3.05) is 26.7 Å². The standard InChI is InChI=1S/C17H26ClN3/c1-13(14-3-5-15(18)6-4-14)20(2)17(11-19)9-10-21(12-17)16-7-8-16/h3-6,13,16H,7-12,19H2,1-2H3. The molecule has 0 amide bonds. The summed E-state index contributed by atoms with van der Waals surface area (Å²) in [6.07, 6.45) is 3.92. The highest BCUT2D eigenvalue weighted by atomic mass is 35.5. The predicted octanol–water partition coefficient (Wildman–Crippen LogP) is 2.90. The smallest absolute Gasteiger partial charge is 0.0473 e. The monoisotopic (exact) mass is 307 g/mol. The van der Waals surface area contributed by atoms with Crippen LogP contribution in [0.5, 0.6) is 0 Å². The maximum absolute atomic E-state index is 6.20. The Hall–Kier alpha value is -0.610. The van der Waals surface area contributed by atoms with Crippen molar-refractivity contribution in [1.82, 2.24) is 9.80 Å². The summed E-state index contributed by atoms with van der Waals surface area (Å²) in [6.45, 7) is 5.30. The Labute approximate surface area is 133 Å². The van der Waals surface area contributed by atoms with Crippen LogP contribution in [0.1, 0.15) is 37.8 Å². The third kappa shape index (κ3) is 2.98. The number of likely N-dealkylation sites (N-methyl/N-ethyl adjacent to an activating group) is 1. The maximum atomic E-state index is 6.20. The summed E-state index contributed by atoms with van der Waals surface area (Å²) in [5.74, 6) is 0. The second-order valence-electron chi connectivity index (χ2n) is 6.72. The lowest BCUT2D eigenvalue weighted by atomic mass is 9.93. The zero-order valence-corrected chi connectivity index (χ0v) is 13.8. The lowest BCUT2D eigenvalue weighted by molar-refractivity contribution is 0.0883. The first-order valence-corrected chi connectivity index (χ1v) is 8.36. The van der Waals surface area contributed by atoms with Gasteiger partial charge in [-0.3, -0.25) is 9.80 Å². The van der Waals surface area contributed by atoms with E-state index in [1.807, 2.05) is 12.1 Å². The summed E-state index contributed by atoms with van der Waals surface area (Å²) in [7, 11) is 2.22. The van der Waals surface area contributed by atoms with E-state index >= 15 is 0 Å². The predicted molar refractivity (Wildman–Crippen MR) is 88.6 cm³/mol. The molecule has 2 atom stereocenters. The molecule has 21 heavy (non-hydrogen) atoms. The van der Waals surface area contributed by atoms with Gasteiger partial charge in [-0.25, -0.2) is 0 Å². The second kappa shape index (κ2) is 5.88. The zero-order valence-electron chi connectivity index (χ0n) is 13.1. The van der Waals surface area contributed by atoms with E-state index in [2.05, 4.69) is 35.9 Å². The van der Waals surface area contributed by atoms with Gasteiger partial charge in [-0.1, -0.05) is 23.7 Å². The summed E-state index contributed by atoms with van der Waals surface area (Å²) in [4.78, 5) is 5.12. The number of likely N-dealkylation sites (tertiary alicyclic amines) is 1. The van der Waals surface area contributed by atoms with Gasteiger partial charge in [-0.15, -0.1) is 0 Å². The third-order valence-corrected chi connectivity index (χ3v) is 5.74. The molecule has 0 aromatic heterocycles. The van der Waals surface area contributed by atoms with Crippen molar-refractivity contribution in [2.24, 2.45) is 5.73 Å². The first kappa shape index (κ1) is 15.3. The Kier molecular flexibility index (Phi) is 4.28. The highest BCUT2D eigenvalue weighted by Crippen LogP contribution is 2.38. The Morgan fingerprint density at radius 1 is 1.38 bits per heavy atom. The quantitative estimate of drug-likeness (QED) is 0.908. The van der Waals surface area contributed by atoms with Gasteiger partial charge in [0.2, 0.25) is 0 Å². The molecular formula is C17H26ClN3. The van der Waals surface area contributed by atoms with Gasteiger partial charge in [0, 0.05) is 42.3 Å². The molecule has 3 rings (SSSR count). The Morgan fingerprint density at radius 2 is 2.05 bits per heavy atom. The number of nitrogens with two attached hydrogens (primary N) is 1. The van der Waals surface area contributed by atoms with Crippen LogP contribution >= 0.6 is 11.6 Å². The van der Waals surface area contributed by atoms with E-state index in [4.69, 9.17) is 17.3 Å². The molecule has 4 heteroatoms. The van der Waals surface area contributed by atoms with Crippen molar-refractivity contribution in [1.29, 1.82) is 0 Å². The largest absolute Gasteiger partial charge is 0.329 e. The van der Waals surface area contributed by atoms with Crippen LogP contribution in [0, 0.1) is 0 Å². The van der Waals surface area contributed by atoms with E-state index in [-0.39, 0.29) is 5.54 Å². The summed E-state index contributed by atoms with van der Waals surface area (Å²) >= 11 is 6.00. The van der Waals surface area contributed by atoms with E-state index in [1.54, 1.807) is 0 Å². The zero-order chi connectivity index (χ0) is 15.0. The SMILES string of the molecule is CC(c1ccc(Cl)cc1)N(C)C1(CN)CCN(C2CC2)C1. The minimum Gasteiger partial charge on any atom is -0.329 e. The van der Waals surface area contributed by atoms with Crippen LogP contribution < -0.4 is 5.73 Å². The molecule has 1 aromatic rings. The molecule has 0 radical (unpaired) electrons. The number of nitrogens with zero attached hydrogens (tertiary/aromatic N) is 2. The van der Waals surface area contributed by atoms with E-state index in [1.165, 1.54) is 31.4 Å². The van der Waals surface area contributed by atoms with Crippen LogP contribution in [-0.2, 0) is 0 Å². The summed E-state index contributed by atoms with van der Waals surface area (Å²) in [5, 5.41) is 0.794. The van der Waals surface area contributed by atoms with Gasteiger partial charge in [0.25, 0.3) is 0 Å². The van der Waals surface area contributed by atoms with Crippen LogP contribution in [0.3, 0.4) is 0 Å². The molecule has 1 heterocycles. The molecule has 0 bridgehead atoms. The first-order valence-electron chi connectivity index (χ1n) is 7.98. The molecule has 116 valence electrons. The minimum absolute atomic E-state index is 0.113. The number of benzene rings is 1. The van der Waals surface area contributed by atoms with Crippen molar-refractivity contribution >= 4 is 11.6 Å². The van der Waals surface area contributed by atoms with Crippen LogP contribution in [0.4, 0.5) is 0 Å². The van der Waals surface area contributed by atoms with Crippen LogP contribution in [-0.4, -0.2) is 48.1 Å². The lowest BCUT2D eigenvalue weighted by Gasteiger charge is -2.42. The van der Waals surface area contributed by atoms with Gasteiger partial charge >= 0.3 is 0 Å². The molecule has 2 unspecified atom stereocenters. The molecule has 1 aromatic carbocycles. The van der Waals surface area contributed by atoms with Gasteiger partial charge in [0.15, 0.2) is 0 Å². The molecule has 2 N–H and O–H groups in total. The Bertz CT molecular complexity index is 485. The summed E-state index contributed by atoms with van der Waals surface area (Å²) in [6, 6.07) is 9.38. The van der Waals surface area contributed by atoms with E-state index < -0.39 is 0 Å². The summed E-state index contributed by atoms with van der Waals surface area (Å²) in [5.41, 5.74) is 7.62. The molecular weight excluding hydrogens is 282 g/mol. The fraction of sp³-hybridized carbons (Fsp3) is 0.647. The average molecular weight is 308 g/mol. The van der Waals surface area contributed by atoms with Crippen molar-refractivity contribution in [3.05, 3.63) is 34.9 Å². The average Bonchev–Trinajstić information content (AvgIpc) is 3.26. The summed E-state index contributed by atoms with van der Waals surface area (Å²) < 4.78 is 0. The topological polar surface area (TPSA) is 32.5 Å². The highest BCUT2D eigenvalue weighted by Gasteiger charge is 2.45. The van der Waals surface area contributed by atoms with Crippen molar-refractivity contribution in [3.8, 4) is 0 Å². The Morgan fingerprint density at radius 3 is 2.62 bits per heavy atom. The molecule has 1 saturated heterocycles. The van der Waals surface area contributed by atoms with Gasteiger partial charge in [0.05, 0.1) is 0 Å². The van der Waals surface area contributed by atoms with E-state index in [0.29, 0.717) is 6.04 Å². The maximum Gasteiger partial charge on any atom is 0.0473 e. The number of hydrogen-bond donors (Lipinski definition) is 1. The van der Waals surface area contributed by atoms with E-state index in [9.17, 15) is 0 Å². The highest BCUT2D eigenvalue weighted by molar-refractivity contribution is 6.30. The molecule has 0 spiro atoms. The van der Waals surface area contributed by atoms with E-state index in [0.717, 1.165) is 24.2 Å².